The van der Waals surface area contributed by atoms with Crippen molar-refractivity contribution in [3.05, 3.63) is 56.6 Å². The lowest BCUT2D eigenvalue weighted by Gasteiger charge is -2.55. The van der Waals surface area contributed by atoms with Crippen molar-refractivity contribution in [1.82, 2.24) is 0 Å². The Morgan fingerprint density at radius 2 is 1.91 bits per heavy atom. The lowest BCUT2D eigenvalue weighted by Crippen LogP contribution is -2.54. The molecule has 5 atom stereocenters. The zero-order valence-electron chi connectivity index (χ0n) is 20.3. The highest BCUT2D eigenvalue weighted by molar-refractivity contribution is 9.12. The molecule has 6 heteroatoms. The highest BCUT2D eigenvalue weighted by atomic mass is 79.9. The summed E-state index contributed by atoms with van der Waals surface area (Å²) in [4.78, 5) is 12.5. The molecule has 5 rings (SSSR count). The number of allylic oxidation sites excluding steroid dienone is 4. The zero-order valence-corrected chi connectivity index (χ0v) is 21.9. The fraction of sp³-hybridized carbons (Fsp3) is 0.571. The molecule has 0 amide bonds. The van der Waals surface area contributed by atoms with Gasteiger partial charge in [0.15, 0.2) is 5.78 Å². The molecule has 4 aliphatic carbocycles. The van der Waals surface area contributed by atoms with Crippen molar-refractivity contribution in [1.29, 1.82) is 0 Å². The maximum absolute atomic E-state index is 12.5. The first-order valence-corrected chi connectivity index (χ1v) is 13.1. The van der Waals surface area contributed by atoms with E-state index in [9.17, 15) is 4.79 Å². The molecule has 0 aliphatic heterocycles. The minimum atomic E-state index is -0.288. The Labute approximate surface area is 210 Å². The van der Waals surface area contributed by atoms with Gasteiger partial charge in [-0.3, -0.25) is 4.79 Å². The van der Waals surface area contributed by atoms with E-state index >= 15 is 0 Å². The SMILES string of the molecule is COC[C@]1(OC)CC[C@H]2[C@@H]3CCC4=C(Br)C(=O)CCC4=C3[C@@H](c3ccc(/C=N/O)cc3)C[C@@]21C. The van der Waals surface area contributed by atoms with E-state index in [1.54, 1.807) is 12.7 Å². The van der Waals surface area contributed by atoms with Gasteiger partial charge < -0.3 is 14.7 Å². The van der Waals surface area contributed by atoms with Crippen LogP contribution < -0.4 is 0 Å². The number of Topliss-reactive ketones (excluding diaryl/α,β-unsaturated/α-hetero) is 1. The summed E-state index contributed by atoms with van der Waals surface area (Å²) in [6.07, 6.45) is 8.09. The molecule has 0 radical (unpaired) electrons. The summed E-state index contributed by atoms with van der Waals surface area (Å²) >= 11 is 3.65. The molecule has 0 spiro atoms. The normalized spacial score (nSPS) is 35.5. The summed E-state index contributed by atoms with van der Waals surface area (Å²) in [6, 6.07) is 8.40. The maximum Gasteiger partial charge on any atom is 0.170 e. The predicted molar refractivity (Wildman–Crippen MR) is 136 cm³/mol. The van der Waals surface area contributed by atoms with E-state index in [-0.39, 0.29) is 22.7 Å². The number of hydrogen-bond donors (Lipinski definition) is 1. The maximum atomic E-state index is 12.5. The summed E-state index contributed by atoms with van der Waals surface area (Å²) in [5.41, 5.74) is 6.09. The Kier molecular flexibility index (Phi) is 6.36. The van der Waals surface area contributed by atoms with Gasteiger partial charge in [0.05, 0.1) is 22.9 Å². The molecule has 0 bridgehead atoms. The van der Waals surface area contributed by atoms with Crippen LogP contribution in [0.25, 0.3) is 0 Å². The van der Waals surface area contributed by atoms with Crippen molar-refractivity contribution in [2.45, 2.75) is 63.4 Å². The van der Waals surface area contributed by atoms with Gasteiger partial charge in [-0.25, -0.2) is 0 Å². The third-order valence-corrected chi connectivity index (χ3v) is 10.4. The van der Waals surface area contributed by atoms with Crippen LogP contribution >= 0.6 is 15.9 Å². The number of fused-ring (bicyclic) bond motifs is 4. The predicted octanol–water partition coefficient (Wildman–Crippen LogP) is 6.15. The van der Waals surface area contributed by atoms with Crippen LogP contribution in [0.2, 0.25) is 0 Å². The number of methoxy groups -OCH3 is 2. The van der Waals surface area contributed by atoms with Crippen LogP contribution in [0.15, 0.2) is 50.6 Å². The van der Waals surface area contributed by atoms with Crippen LogP contribution in [0.1, 0.15) is 68.9 Å². The summed E-state index contributed by atoms with van der Waals surface area (Å²) in [5.74, 6) is 1.53. The van der Waals surface area contributed by atoms with Crippen LogP contribution in [0, 0.1) is 17.3 Å². The van der Waals surface area contributed by atoms with Crippen molar-refractivity contribution < 1.29 is 19.5 Å². The Morgan fingerprint density at radius 3 is 2.59 bits per heavy atom. The molecule has 0 heterocycles. The number of oxime groups is 1. The number of halogens is 1. The zero-order chi connectivity index (χ0) is 24.1. The van der Waals surface area contributed by atoms with Crippen LogP contribution in [0.5, 0.6) is 0 Å². The average molecular weight is 528 g/mol. The monoisotopic (exact) mass is 527 g/mol. The smallest absolute Gasteiger partial charge is 0.170 e. The lowest BCUT2D eigenvalue weighted by atomic mass is 9.51. The Bertz CT molecular complexity index is 1070. The van der Waals surface area contributed by atoms with Crippen molar-refractivity contribution in [2.24, 2.45) is 22.4 Å². The van der Waals surface area contributed by atoms with Gasteiger partial charge in [0.1, 0.15) is 0 Å². The van der Waals surface area contributed by atoms with E-state index in [0.717, 1.165) is 48.6 Å². The molecule has 5 nitrogen and oxygen atoms in total. The van der Waals surface area contributed by atoms with Gasteiger partial charge in [-0.2, -0.15) is 0 Å². The second-order valence-electron chi connectivity index (χ2n) is 10.7. The fourth-order valence-electron chi connectivity index (χ4n) is 7.83. The molecular formula is C28H34BrNO4. The first-order valence-electron chi connectivity index (χ1n) is 12.4. The standard InChI is InChI=1S/C28H34BrNO4/c1-27-14-22(18-6-4-17(5-7-18)15-30-32)25-19-10-11-24(31)26(29)20(19)8-9-21(25)23(27)12-13-28(27,34-3)16-33-2/h4-7,15,21-23,32H,8-14,16H2,1-3H3/b30-15+/t21-,22+,23-,27-,28+/m0/s1. The molecule has 0 unspecified atom stereocenters. The largest absolute Gasteiger partial charge is 0.411 e. The molecule has 0 saturated heterocycles. The number of carbonyl (C=O) groups excluding carboxylic acids is 1. The molecule has 1 aromatic carbocycles. The third-order valence-electron chi connectivity index (χ3n) is 9.45. The molecule has 4 aliphatic rings. The van der Waals surface area contributed by atoms with Gasteiger partial charge in [-0.05, 0) is 88.6 Å². The summed E-state index contributed by atoms with van der Waals surface area (Å²) < 4.78 is 12.9. The second kappa shape index (κ2) is 9.03. The van der Waals surface area contributed by atoms with Crippen molar-refractivity contribution in [3.63, 3.8) is 0 Å². The second-order valence-corrected chi connectivity index (χ2v) is 11.4. The van der Waals surface area contributed by atoms with E-state index in [4.69, 9.17) is 14.7 Å². The van der Waals surface area contributed by atoms with Crippen molar-refractivity contribution >= 4 is 27.9 Å². The summed E-state index contributed by atoms with van der Waals surface area (Å²) in [7, 11) is 3.63. The van der Waals surface area contributed by atoms with E-state index in [2.05, 4.69) is 40.1 Å². The van der Waals surface area contributed by atoms with Gasteiger partial charge in [-0.15, -0.1) is 0 Å². The molecule has 0 aromatic heterocycles. The van der Waals surface area contributed by atoms with Gasteiger partial charge in [0.25, 0.3) is 0 Å². The first kappa shape index (κ1) is 24.0. The van der Waals surface area contributed by atoms with E-state index in [1.165, 1.54) is 22.9 Å². The number of ether oxygens (including phenoxy) is 2. The van der Waals surface area contributed by atoms with Crippen molar-refractivity contribution in [3.8, 4) is 0 Å². The van der Waals surface area contributed by atoms with Crippen molar-refractivity contribution in [2.75, 3.05) is 20.8 Å². The number of ketones is 1. The minimum absolute atomic E-state index is 0.00861. The molecule has 182 valence electrons. The highest BCUT2D eigenvalue weighted by Gasteiger charge is 2.63. The number of rotatable bonds is 5. The topological polar surface area (TPSA) is 68.1 Å². The molecule has 2 saturated carbocycles. The quantitative estimate of drug-likeness (QED) is 0.283. The van der Waals surface area contributed by atoms with Crippen LogP contribution in [0.4, 0.5) is 0 Å². The van der Waals surface area contributed by atoms with Crippen LogP contribution in [-0.2, 0) is 14.3 Å². The molecule has 34 heavy (non-hydrogen) atoms. The first-order chi connectivity index (χ1) is 16.4. The average Bonchev–Trinajstić information content (AvgIpc) is 3.14. The summed E-state index contributed by atoms with van der Waals surface area (Å²) in [5, 5.41) is 12.1. The highest BCUT2D eigenvalue weighted by Crippen LogP contribution is 2.67. The van der Waals surface area contributed by atoms with E-state index < -0.39 is 0 Å². The Balaban J connectivity index is 1.68. The van der Waals surface area contributed by atoms with Gasteiger partial charge in [0.2, 0.25) is 0 Å². The third kappa shape index (κ3) is 3.48. The number of nitrogens with zero attached hydrogens (tertiary/aromatic N) is 1. The van der Waals surface area contributed by atoms with E-state index in [1.807, 2.05) is 19.2 Å². The fourth-order valence-corrected chi connectivity index (χ4v) is 8.47. The van der Waals surface area contributed by atoms with Crippen LogP contribution in [-0.4, -0.2) is 43.6 Å². The Morgan fingerprint density at radius 1 is 1.15 bits per heavy atom. The van der Waals surface area contributed by atoms with Gasteiger partial charge in [-0.1, -0.05) is 41.9 Å². The lowest BCUT2D eigenvalue weighted by molar-refractivity contribution is -0.149. The molecule has 1 aromatic rings. The van der Waals surface area contributed by atoms with Gasteiger partial charge >= 0.3 is 0 Å². The van der Waals surface area contributed by atoms with Gasteiger partial charge in [0, 0.05) is 32.0 Å². The number of carbonyl (C=O) groups is 1. The Hall–Kier alpha value is -1.76. The molecule has 2 fully saturated rings. The van der Waals surface area contributed by atoms with Crippen LogP contribution in [0.3, 0.4) is 0 Å². The molecule has 1 N–H and O–H groups in total. The summed E-state index contributed by atoms with van der Waals surface area (Å²) in [6.45, 7) is 3.04. The van der Waals surface area contributed by atoms with E-state index in [0.29, 0.717) is 24.9 Å². The minimum Gasteiger partial charge on any atom is -0.411 e. The number of benzene rings is 1. The molecular weight excluding hydrogens is 494 g/mol. The number of hydrogen-bond acceptors (Lipinski definition) is 5.